The van der Waals surface area contributed by atoms with E-state index >= 15 is 0 Å². The first-order valence-corrected chi connectivity index (χ1v) is 17.8. The Kier molecular flexibility index (Phi) is 11.2. The molecule has 12 nitrogen and oxygen atoms in total. The molecule has 2 aliphatic rings. The number of rotatable bonds is 15. The van der Waals surface area contributed by atoms with Crippen LogP contribution < -0.4 is 15.4 Å². The number of fused-ring (bicyclic) bond motifs is 1. The van der Waals surface area contributed by atoms with Crippen LogP contribution in [0.4, 0.5) is 4.79 Å². The smallest absolute Gasteiger partial charge is 0.408 e. The van der Waals surface area contributed by atoms with Gasteiger partial charge in [-0.3, -0.25) is 14.6 Å². The monoisotopic (exact) mass is 703 g/mol. The van der Waals surface area contributed by atoms with E-state index < -0.39 is 59.1 Å². The second-order valence-corrected chi connectivity index (χ2v) is 14.7. The van der Waals surface area contributed by atoms with Gasteiger partial charge in [-0.15, -0.1) is 24.5 Å². The van der Waals surface area contributed by atoms with Crippen LogP contribution in [-0.2, 0) is 19.1 Å². The number of hydrogen-bond donors (Lipinski definition) is 3. The Morgan fingerprint density at radius 3 is 2.62 bits per heavy atom. The van der Waals surface area contributed by atoms with Crippen molar-refractivity contribution >= 4 is 45.4 Å². The maximum absolute atomic E-state index is 14.4. The number of carbonyl (C=O) groups is 4. The highest BCUT2D eigenvalue weighted by molar-refractivity contribution is 7.17. The van der Waals surface area contributed by atoms with Gasteiger partial charge in [0.25, 0.3) is 0 Å². The number of alkyl carbamates (subject to hydrolysis) is 1. The molecule has 0 spiro atoms. The lowest BCUT2D eigenvalue weighted by Crippen LogP contribution is -2.56. The van der Waals surface area contributed by atoms with Crippen LogP contribution in [0.15, 0.2) is 67.2 Å². The molecule has 1 aliphatic carbocycles. The number of amides is 3. The number of unbranched alkanes of at least 4 members (excludes halogenated alkanes) is 3. The Morgan fingerprint density at radius 1 is 1.16 bits per heavy atom. The van der Waals surface area contributed by atoms with Crippen molar-refractivity contribution in [1.82, 2.24) is 25.5 Å². The number of nitrogens with one attached hydrogen (secondary N) is 2. The van der Waals surface area contributed by atoms with E-state index in [-0.39, 0.29) is 19.4 Å². The van der Waals surface area contributed by atoms with Crippen molar-refractivity contribution in [2.45, 2.75) is 95.0 Å². The first-order valence-electron chi connectivity index (χ1n) is 16.9. The molecule has 1 saturated carbocycles. The number of thiophene rings is 1. The Morgan fingerprint density at radius 2 is 1.96 bits per heavy atom. The maximum Gasteiger partial charge on any atom is 0.408 e. The van der Waals surface area contributed by atoms with Gasteiger partial charge >= 0.3 is 12.1 Å². The molecule has 2 fully saturated rings. The molecule has 50 heavy (non-hydrogen) atoms. The van der Waals surface area contributed by atoms with E-state index in [4.69, 9.17) is 14.5 Å². The van der Waals surface area contributed by atoms with Crippen molar-refractivity contribution in [3.05, 3.63) is 67.2 Å². The highest BCUT2D eigenvalue weighted by atomic mass is 32.1. The van der Waals surface area contributed by atoms with Crippen molar-refractivity contribution in [2.24, 2.45) is 5.92 Å². The summed E-state index contributed by atoms with van der Waals surface area (Å²) in [5.41, 5.74) is -0.288. The predicted octanol–water partition coefficient (Wildman–Crippen LogP) is 5.88. The van der Waals surface area contributed by atoms with Crippen LogP contribution in [0.25, 0.3) is 21.6 Å². The lowest BCUT2D eigenvalue weighted by Gasteiger charge is -2.30. The summed E-state index contributed by atoms with van der Waals surface area (Å²) in [6.45, 7) is 12.7. The van der Waals surface area contributed by atoms with Crippen molar-refractivity contribution in [1.29, 1.82) is 0 Å². The number of carboxylic acids is 1. The van der Waals surface area contributed by atoms with E-state index in [1.807, 2.05) is 35.7 Å². The number of hydrogen-bond acceptors (Lipinski definition) is 9. The maximum atomic E-state index is 14.4. The molecular weight excluding hydrogens is 659 g/mol. The average molecular weight is 704 g/mol. The molecule has 1 aliphatic heterocycles. The molecular formula is C37H45N5O7S. The second-order valence-electron chi connectivity index (χ2n) is 13.8. The summed E-state index contributed by atoms with van der Waals surface area (Å²) >= 11 is 1.46. The summed E-state index contributed by atoms with van der Waals surface area (Å²) in [4.78, 5) is 64.1. The quantitative estimate of drug-likeness (QED) is 0.130. The highest BCUT2D eigenvalue weighted by Gasteiger charge is 2.61. The van der Waals surface area contributed by atoms with Crippen molar-refractivity contribution < 1.29 is 33.8 Å². The lowest BCUT2D eigenvalue weighted by atomic mass is 10.0. The van der Waals surface area contributed by atoms with E-state index in [1.165, 1.54) is 22.3 Å². The summed E-state index contributed by atoms with van der Waals surface area (Å²) in [6, 6.07) is 7.18. The van der Waals surface area contributed by atoms with Gasteiger partial charge in [-0.05, 0) is 70.0 Å². The largest absolute Gasteiger partial charge is 0.487 e. The number of likely N-dealkylation sites (tertiary alicyclic amines) is 1. The van der Waals surface area contributed by atoms with Gasteiger partial charge < -0.3 is 30.1 Å². The number of aromatic nitrogens is 2. The van der Waals surface area contributed by atoms with Crippen LogP contribution in [0.2, 0.25) is 0 Å². The summed E-state index contributed by atoms with van der Waals surface area (Å²) in [6.07, 6.45) is 7.42. The standard InChI is InChI=1S/C37H45N5O7S/c1-6-8-9-10-11-15-27(40-35(47)49-36(3,4)5)33(44)42-22-24(19-29(42)32(43)41-37(34(45)46)21-23(37)7-2)48-30-20-28(25-14-12-13-17-38-25)39-26-16-18-50-31(26)30/h6-7,12-14,16-18,20,23-24,27,29H,1-2,8-11,15,19,21-22H2,3-5H3,(H,40,47)(H,41,43)(H,45,46)/t23-,24-,27?,29+,37-/m1/s1. The third kappa shape index (κ3) is 8.50. The zero-order chi connectivity index (χ0) is 36.1. The molecule has 0 radical (unpaired) electrons. The SMILES string of the molecule is C=CCCCCCC(NC(=O)OC(C)(C)C)C(=O)N1C[C@H](Oc2cc(-c3ccccn3)nc3ccsc23)C[C@H]1C(=O)N[C@]1(C(=O)O)C[C@H]1C=C. The lowest BCUT2D eigenvalue weighted by molar-refractivity contribution is -0.145. The third-order valence-corrected chi connectivity index (χ3v) is 9.78. The van der Waals surface area contributed by atoms with E-state index in [1.54, 1.807) is 33.0 Å². The third-order valence-electron chi connectivity index (χ3n) is 8.86. The van der Waals surface area contributed by atoms with E-state index in [2.05, 4.69) is 28.8 Å². The molecule has 3 aromatic rings. The number of carboxylic acid groups (broad SMARTS) is 1. The fourth-order valence-corrected chi connectivity index (χ4v) is 7.04. The fourth-order valence-electron chi connectivity index (χ4n) is 6.25. The van der Waals surface area contributed by atoms with Crippen molar-refractivity contribution in [2.75, 3.05) is 6.54 Å². The summed E-state index contributed by atoms with van der Waals surface area (Å²) in [7, 11) is 0. The van der Waals surface area contributed by atoms with Gasteiger partial charge in [-0.25, -0.2) is 14.6 Å². The van der Waals surface area contributed by atoms with Gasteiger partial charge in [0.2, 0.25) is 11.8 Å². The highest BCUT2D eigenvalue weighted by Crippen LogP contribution is 2.45. The Balaban J connectivity index is 1.44. The fraction of sp³-hybridized carbons (Fsp3) is 0.459. The Hall–Kier alpha value is -4.78. The number of nitrogens with zero attached hydrogens (tertiary/aromatic N) is 3. The molecule has 3 N–H and O–H groups in total. The van der Waals surface area contributed by atoms with E-state index in [0.29, 0.717) is 30.0 Å². The second kappa shape index (κ2) is 15.4. The predicted molar refractivity (Wildman–Crippen MR) is 191 cm³/mol. The topological polar surface area (TPSA) is 160 Å². The van der Waals surface area contributed by atoms with Gasteiger partial charge in [0, 0.05) is 24.6 Å². The van der Waals surface area contributed by atoms with Gasteiger partial charge in [0.05, 0.1) is 28.1 Å². The van der Waals surface area contributed by atoms with Crippen LogP contribution in [-0.4, -0.2) is 79.7 Å². The van der Waals surface area contributed by atoms with E-state index in [9.17, 15) is 24.3 Å². The molecule has 0 aromatic carbocycles. The molecule has 1 unspecified atom stereocenters. The van der Waals surface area contributed by atoms with Crippen molar-refractivity contribution in [3.63, 3.8) is 0 Å². The van der Waals surface area contributed by atoms with Crippen LogP contribution in [0.5, 0.6) is 5.75 Å². The van der Waals surface area contributed by atoms with Gasteiger partial charge in [-0.2, -0.15) is 0 Å². The zero-order valence-corrected chi connectivity index (χ0v) is 29.5. The minimum absolute atomic E-state index is 0.0267. The normalized spacial score (nSPS) is 22.0. The van der Waals surface area contributed by atoms with Gasteiger partial charge in [0.15, 0.2) is 0 Å². The molecule has 5 rings (SSSR count). The van der Waals surface area contributed by atoms with Crippen LogP contribution in [0, 0.1) is 5.92 Å². The number of allylic oxidation sites excluding steroid dienone is 1. The first kappa shape index (κ1) is 36.5. The molecule has 4 heterocycles. The summed E-state index contributed by atoms with van der Waals surface area (Å²) < 4.78 is 12.9. The molecule has 13 heteroatoms. The Labute approximate surface area is 296 Å². The molecule has 266 valence electrons. The molecule has 3 aromatic heterocycles. The van der Waals surface area contributed by atoms with E-state index in [0.717, 1.165) is 29.5 Å². The minimum Gasteiger partial charge on any atom is -0.487 e. The number of ether oxygens (including phenoxy) is 2. The number of carbonyl (C=O) groups excluding carboxylic acids is 3. The average Bonchev–Trinajstić information content (AvgIpc) is 3.36. The molecule has 5 atom stereocenters. The van der Waals surface area contributed by atoms with Crippen molar-refractivity contribution in [3.8, 4) is 17.1 Å². The zero-order valence-electron chi connectivity index (χ0n) is 28.7. The number of aliphatic carboxylic acids is 1. The summed E-state index contributed by atoms with van der Waals surface area (Å²) in [5.74, 6) is -2.15. The van der Waals surface area contributed by atoms with Crippen LogP contribution >= 0.6 is 11.3 Å². The molecule has 3 amide bonds. The molecule has 1 saturated heterocycles. The summed E-state index contributed by atoms with van der Waals surface area (Å²) in [5, 5.41) is 17.4. The van der Waals surface area contributed by atoms with Gasteiger partial charge in [-0.1, -0.05) is 31.1 Å². The minimum atomic E-state index is -1.49. The van der Waals surface area contributed by atoms with Crippen LogP contribution in [0.1, 0.15) is 65.7 Å². The van der Waals surface area contributed by atoms with Gasteiger partial charge in [0.1, 0.15) is 35.1 Å². The van der Waals surface area contributed by atoms with Crippen LogP contribution in [0.3, 0.4) is 0 Å². The first-order chi connectivity index (χ1) is 23.8. The molecule has 0 bridgehead atoms. The number of pyridine rings is 2. The Bertz CT molecular complexity index is 1740.